The Bertz CT molecular complexity index is 556. The molecule has 1 aromatic heterocycles. The Kier molecular flexibility index (Phi) is 4.00. The third kappa shape index (κ3) is 3.28. The molecule has 2 rings (SSSR count). The predicted molar refractivity (Wildman–Crippen MR) is 87.5 cm³/mol. The summed E-state index contributed by atoms with van der Waals surface area (Å²) >= 11 is 0. The topological polar surface area (TPSA) is 22.1 Å². The first-order valence-corrected chi connectivity index (χ1v) is 9.90. The molecule has 0 N–H and O–H groups in total. The van der Waals surface area contributed by atoms with Crippen LogP contribution in [0.5, 0.6) is 5.75 Å². The van der Waals surface area contributed by atoms with Crippen molar-refractivity contribution in [1.82, 2.24) is 4.98 Å². The zero-order valence-electron chi connectivity index (χ0n) is 13.0. The van der Waals surface area contributed by atoms with E-state index in [9.17, 15) is 0 Å². The highest BCUT2D eigenvalue weighted by Gasteiger charge is 2.38. The molecule has 0 atom stereocenters. The van der Waals surface area contributed by atoms with Crippen LogP contribution in [0.3, 0.4) is 0 Å². The molecule has 0 saturated heterocycles. The summed E-state index contributed by atoms with van der Waals surface area (Å²) in [6.45, 7) is 11.3. The van der Waals surface area contributed by atoms with Crippen molar-refractivity contribution in [3.05, 3.63) is 48.8 Å². The van der Waals surface area contributed by atoms with Gasteiger partial charge in [0, 0.05) is 12.4 Å². The van der Waals surface area contributed by atoms with Crippen molar-refractivity contribution in [1.29, 1.82) is 0 Å². The molecule has 1 heterocycles. The third-order valence-corrected chi connectivity index (χ3v) is 8.39. The predicted octanol–water partition coefficient (Wildman–Crippen LogP) is 5.13. The molecule has 106 valence electrons. The maximum absolute atomic E-state index is 6.28. The maximum Gasteiger partial charge on any atom is 0.250 e. The van der Waals surface area contributed by atoms with Gasteiger partial charge in [-0.1, -0.05) is 39.0 Å². The minimum Gasteiger partial charge on any atom is -0.544 e. The molecule has 2 nitrogen and oxygen atoms in total. The van der Waals surface area contributed by atoms with Crippen LogP contribution in [0.1, 0.15) is 20.8 Å². The van der Waals surface area contributed by atoms with Crippen LogP contribution in [0.4, 0.5) is 0 Å². The quantitative estimate of drug-likeness (QED) is 0.729. The minimum absolute atomic E-state index is 0.217. The Morgan fingerprint density at radius 3 is 2.10 bits per heavy atom. The molecular formula is C17H23NOSi. The number of benzene rings is 1. The number of aromatic nitrogens is 1. The molecular weight excluding hydrogens is 262 g/mol. The Balaban J connectivity index is 2.18. The van der Waals surface area contributed by atoms with E-state index in [1.54, 1.807) is 6.20 Å². The zero-order chi connectivity index (χ0) is 14.8. The van der Waals surface area contributed by atoms with Gasteiger partial charge in [-0.2, -0.15) is 0 Å². The largest absolute Gasteiger partial charge is 0.544 e. The fourth-order valence-electron chi connectivity index (χ4n) is 1.70. The SMILES string of the molecule is CC(C)(C)[Si](C)(C)Oc1ccc(-c2cccnc2)cc1. The fourth-order valence-corrected chi connectivity index (χ4v) is 2.73. The first-order chi connectivity index (χ1) is 9.29. The molecule has 0 radical (unpaired) electrons. The van der Waals surface area contributed by atoms with Crippen molar-refractivity contribution >= 4 is 8.32 Å². The Hall–Kier alpha value is -1.61. The van der Waals surface area contributed by atoms with Crippen molar-refractivity contribution < 1.29 is 4.43 Å². The lowest BCUT2D eigenvalue weighted by Gasteiger charge is -2.36. The van der Waals surface area contributed by atoms with E-state index in [-0.39, 0.29) is 5.04 Å². The highest BCUT2D eigenvalue weighted by molar-refractivity contribution is 6.74. The molecule has 0 spiro atoms. The second kappa shape index (κ2) is 5.41. The van der Waals surface area contributed by atoms with Gasteiger partial charge in [0.15, 0.2) is 0 Å². The van der Waals surface area contributed by atoms with Gasteiger partial charge in [0.25, 0.3) is 0 Å². The highest BCUT2D eigenvalue weighted by Crippen LogP contribution is 2.37. The van der Waals surface area contributed by atoms with Gasteiger partial charge < -0.3 is 4.43 Å². The average Bonchev–Trinajstić information content (AvgIpc) is 2.39. The maximum atomic E-state index is 6.28. The molecule has 0 saturated carbocycles. The zero-order valence-corrected chi connectivity index (χ0v) is 14.0. The Morgan fingerprint density at radius 2 is 1.60 bits per heavy atom. The van der Waals surface area contributed by atoms with E-state index in [0.717, 1.165) is 11.3 Å². The molecule has 0 amide bonds. The van der Waals surface area contributed by atoms with Crippen LogP contribution in [0.15, 0.2) is 48.8 Å². The molecule has 0 unspecified atom stereocenters. The Morgan fingerprint density at radius 1 is 0.950 bits per heavy atom. The summed E-state index contributed by atoms with van der Waals surface area (Å²) in [5, 5.41) is 0.217. The van der Waals surface area contributed by atoms with Crippen LogP contribution in [0, 0.1) is 0 Å². The second-order valence-corrected chi connectivity index (χ2v) is 11.4. The van der Waals surface area contributed by atoms with Crippen LogP contribution in [-0.2, 0) is 0 Å². The second-order valence-electron chi connectivity index (χ2n) is 6.63. The molecule has 1 aromatic carbocycles. The summed E-state index contributed by atoms with van der Waals surface area (Å²) in [4.78, 5) is 4.15. The lowest BCUT2D eigenvalue weighted by atomic mass is 10.1. The monoisotopic (exact) mass is 285 g/mol. The molecule has 0 aliphatic carbocycles. The van der Waals surface area contributed by atoms with Gasteiger partial charge in [0.05, 0.1) is 0 Å². The van der Waals surface area contributed by atoms with E-state index in [0.29, 0.717) is 0 Å². The summed E-state index contributed by atoms with van der Waals surface area (Å²) in [5.74, 6) is 0.962. The fraction of sp³-hybridized carbons (Fsp3) is 0.353. The molecule has 0 aliphatic rings. The number of nitrogens with zero attached hydrogens (tertiary/aromatic N) is 1. The molecule has 20 heavy (non-hydrogen) atoms. The van der Waals surface area contributed by atoms with Gasteiger partial charge in [-0.25, -0.2) is 0 Å². The van der Waals surface area contributed by atoms with Gasteiger partial charge in [-0.3, -0.25) is 4.98 Å². The van der Waals surface area contributed by atoms with Crippen molar-refractivity contribution in [3.8, 4) is 16.9 Å². The van der Waals surface area contributed by atoms with Crippen molar-refractivity contribution in [2.45, 2.75) is 38.9 Å². The molecule has 0 fully saturated rings. The van der Waals surface area contributed by atoms with Gasteiger partial charge >= 0.3 is 0 Å². The van der Waals surface area contributed by atoms with Crippen LogP contribution in [-0.4, -0.2) is 13.3 Å². The highest BCUT2D eigenvalue weighted by atomic mass is 28.4. The van der Waals surface area contributed by atoms with Gasteiger partial charge in [0.1, 0.15) is 5.75 Å². The lowest BCUT2D eigenvalue weighted by molar-refractivity contribution is 0.492. The van der Waals surface area contributed by atoms with E-state index in [1.165, 1.54) is 5.56 Å². The number of pyridine rings is 1. The first-order valence-electron chi connectivity index (χ1n) is 6.99. The van der Waals surface area contributed by atoms with Crippen LogP contribution < -0.4 is 4.43 Å². The normalized spacial score (nSPS) is 12.2. The summed E-state index contributed by atoms with van der Waals surface area (Å²) in [6.07, 6.45) is 3.67. The van der Waals surface area contributed by atoms with Crippen molar-refractivity contribution in [2.24, 2.45) is 0 Å². The molecule has 2 aromatic rings. The first kappa shape index (κ1) is 14.8. The number of hydrogen-bond donors (Lipinski definition) is 0. The van der Waals surface area contributed by atoms with Crippen LogP contribution >= 0.6 is 0 Å². The summed E-state index contributed by atoms with van der Waals surface area (Å²) in [6, 6.07) is 12.3. The smallest absolute Gasteiger partial charge is 0.250 e. The molecule has 3 heteroatoms. The molecule has 0 bridgehead atoms. The lowest BCUT2D eigenvalue weighted by Crippen LogP contribution is -2.43. The van der Waals surface area contributed by atoms with E-state index < -0.39 is 8.32 Å². The van der Waals surface area contributed by atoms with E-state index in [4.69, 9.17) is 4.43 Å². The van der Waals surface area contributed by atoms with E-state index in [2.05, 4.69) is 69.2 Å². The number of hydrogen-bond acceptors (Lipinski definition) is 2. The van der Waals surface area contributed by atoms with Gasteiger partial charge in [-0.05, 0) is 47.5 Å². The van der Waals surface area contributed by atoms with Crippen molar-refractivity contribution in [3.63, 3.8) is 0 Å². The number of rotatable bonds is 3. The summed E-state index contributed by atoms with van der Waals surface area (Å²) in [5.41, 5.74) is 2.30. The third-order valence-electron chi connectivity index (χ3n) is 4.03. The summed E-state index contributed by atoms with van der Waals surface area (Å²) < 4.78 is 6.28. The van der Waals surface area contributed by atoms with Crippen LogP contribution in [0.25, 0.3) is 11.1 Å². The van der Waals surface area contributed by atoms with Crippen molar-refractivity contribution in [2.75, 3.05) is 0 Å². The van der Waals surface area contributed by atoms with Gasteiger partial charge in [-0.15, -0.1) is 0 Å². The van der Waals surface area contributed by atoms with Gasteiger partial charge in [0.2, 0.25) is 8.32 Å². The standard InChI is InChI=1S/C17H23NOSi/c1-17(2,3)20(4,5)19-16-10-8-14(9-11-16)15-7-6-12-18-13-15/h6-13H,1-5H3. The average molecular weight is 285 g/mol. The minimum atomic E-state index is -1.75. The molecule has 0 aliphatic heterocycles. The van der Waals surface area contributed by atoms with E-state index >= 15 is 0 Å². The Labute approximate surface area is 123 Å². The summed E-state index contributed by atoms with van der Waals surface area (Å²) in [7, 11) is -1.75. The van der Waals surface area contributed by atoms with Crippen LogP contribution in [0.2, 0.25) is 18.1 Å². The van der Waals surface area contributed by atoms with E-state index in [1.807, 2.05) is 12.3 Å².